The van der Waals surface area contributed by atoms with Crippen molar-refractivity contribution in [2.24, 2.45) is 0 Å². The van der Waals surface area contributed by atoms with Crippen molar-refractivity contribution in [1.29, 1.82) is 0 Å². The van der Waals surface area contributed by atoms with Gasteiger partial charge in [0.1, 0.15) is 6.04 Å². The lowest BCUT2D eigenvalue weighted by Gasteiger charge is -2.22. The van der Waals surface area contributed by atoms with Gasteiger partial charge in [0.05, 0.1) is 11.3 Å². The third-order valence-corrected chi connectivity index (χ3v) is 4.30. The Bertz CT molecular complexity index is 380. The number of thioether (sulfide) groups is 1. The van der Waals surface area contributed by atoms with Crippen molar-refractivity contribution in [1.82, 2.24) is 4.90 Å². The molecule has 0 aliphatic rings. The number of carboxylic acid groups (broad SMARTS) is 1. The number of carbonyl (C=O) groups excluding carboxylic acids is 1. The molecule has 0 saturated heterocycles. The summed E-state index contributed by atoms with van der Waals surface area (Å²) >= 11 is 2.95. The van der Waals surface area contributed by atoms with E-state index in [9.17, 15) is 9.59 Å². The van der Waals surface area contributed by atoms with Gasteiger partial charge in [0, 0.05) is 12.8 Å². The van der Waals surface area contributed by atoms with Crippen LogP contribution in [0.2, 0.25) is 0 Å². The summed E-state index contributed by atoms with van der Waals surface area (Å²) in [6.07, 6.45) is -0.649. The van der Waals surface area contributed by atoms with E-state index in [1.54, 1.807) is 0 Å². The normalized spacial score (nSPS) is 11.9. The molecule has 0 bridgehead atoms. The second-order valence-electron chi connectivity index (χ2n) is 3.18. The van der Waals surface area contributed by atoms with E-state index in [1.807, 2.05) is 17.5 Å². The Balaban J connectivity index is 2.60. The topological polar surface area (TPSA) is 66.8 Å². The number of carbonyl (C=O) groups is 2. The Labute approximate surface area is 107 Å². The number of rotatable bonds is 5. The lowest BCUT2D eigenvalue weighted by atomic mass is 10.3. The molecule has 0 spiro atoms. The highest BCUT2D eigenvalue weighted by Crippen LogP contribution is 2.25. The van der Waals surface area contributed by atoms with E-state index in [1.165, 1.54) is 37.3 Å². The van der Waals surface area contributed by atoms with Crippen LogP contribution in [-0.4, -0.2) is 48.0 Å². The Morgan fingerprint density at radius 3 is 2.82 bits per heavy atom. The lowest BCUT2D eigenvalue weighted by molar-refractivity contribution is -0.141. The standard InChI is InChI=1S/C10H13NO4S2/c1-11(10(14)15-2)7(9(12)13)6-17-8-4-3-5-16-8/h3-5,7H,6H2,1-2H3,(H,12,13). The molecule has 17 heavy (non-hydrogen) atoms. The zero-order chi connectivity index (χ0) is 12.8. The lowest BCUT2D eigenvalue weighted by Crippen LogP contribution is -2.44. The number of thiophene rings is 1. The highest BCUT2D eigenvalue weighted by atomic mass is 32.2. The monoisotopic (exact) mass is 275 g/mol. The number of amides is 1. The molecule has 1 aromatic rings. The fourth-order valence-corrected chi connectivity index (χ4v) is 3.08. The minimum absolute atomic E-state index is 0.293. The number of nitrogens with zero attached hydrogens (tertiary/aromatic N) is 1. The minimum atomic E-state index is -1.04. The fraction of sp³-hybridized carbons (Fsp3) is 0.400. The maximum absolute atomic E-state index is 11.3. The molecular formula is C10H13NO4S2. The molecule has 0 aromatic carbocycles. The first-order valence-electron chi connectivity index (χ1n) is 4.76. The van der Waals surface area contributed by atoms with Crippen LogP contribution in [0.3, 0.4) is 0 Å². The van der Waals surface area contributed by atoms with Gasteiger partial charge in [0.25, 0.3) is 0 Å². The van der Waals surface area contributed by atoms with Gasteiger partial charge in [0.15, 0.2) is 0 Å². The van der Waals surface area contributed by atoms with Gasteiger partial charge in [-0.15, -0.1) is 23.1 Å². The molecule has 0 saturated carbocycles. The van der Waals surface area contributed by atoms with Gasteiger partial charge in [-0.1, -0.05) is 6.07 Å². The van der Waals surface area contributed by atoms with Crippen LogP contribution in [0.1, 0.15) is 0 Å². The number of hydrogen-bond acceptors (Lipinski definition) is 5. The number of ether oxygens (including phenoxy) is 1. The van der Waals surface area contributed by atoms with Crippen LogP contribution in [-0.2, 0) is 9.53 Å². The summed E-state index contributed by atoms with van der Waals surface area (Å²) in [6.45, 7) is 0. The number of methoxy groups -OCH3 is 1. The number of carboxylic acids is 1. The maximum Gasteiger partial charge on any atom is 0.409 e. The molecule has 0 aliphatic heterocycles. The van der Waals surface area contributed by atoms with E-state index < -0.39 is 18.1 Å². The Morgan fingerprint density at radius 1 is 1.65 bits per heavy atom. The van der Waals surface area contributed by atoms with Crippen molar-refractivity contribution < 1.29 is 19.4 Å². The molecule has 0 aliphatic carbocycles. The first-order valence-corrected chi connectivity index (χ1v) is 6.62. The van der Waals surface area contributed by atoms with Gasteiger partial charge in [-0.3, -0.25) is 4.90 Å². The summed E-state index contributed by atoms with van der Waals surface area (Å²) in [5.74, 6) is -0.747. The van der Waals surface area contributed by atoms with E-state index in [4.69, 9.17) is 5.11 Å². The number of aliphatic carboxylic acids is 1. The smallest absolute Gasteiger partial charge is 0.409 e. The van der Waals surface area contributed by atoms with Crippen molar-refractivity contribution >= 4 is 35.2 Å². The largest absolute Gasteiger partial charge is 0.480 e. The predicted octanol–water partition coefficient (Wildman–Crippen LogP) is 1.99. The fourth-order valence-electron chi connectivity index (χ4n) is 1.13. The molecule has 1 unspecified atom stereocenters. The van der Waals surface area contributed by atoms with Crippen LogP contribution >= 0.6 is 23.1 Å². The summed E-state index contributed by atoms with van der Waals surface area (Å²) in [5, 5.41) is 11.0. The van der Waals surface area contributed by atoms with Crippen molar-refractivity contribution in [2.45, 2.75) is 10.3 Å². The van der Waals surface area contributed by atoms with Crippen molar-refractivity contribution in [3.63, 3.8) is 0 Å². The van der Waals surface area contributed by atoms with E-state index in [0.29, 0.717) is 5.75 Å². The maximum atomic E-state index is 11.3. The average molecular weight is 275 g/mol. The molecule has 94 valence electrons. The molecule has 7 heteroatoms. The van der Waals surface area contributed by atoms with E-state index in [0.717, 1.165) is 9.11 Å². The number of likely N-dealkylation sites (N-methyl/N-ethyl adjacent to an activating group) is 1. The van der Waals surface area contributed by atoms with Crippen LogP contribution in [0.15, 0.2) is 21.7 Å². The molecule has 1 rings (SSSR count). The van der Waals surface area contributed by atoms with Gasteiger partial charge in [-0.2, -0.15) is 0 Å². The Morgan fingerprint density at radius 2 is 2.35 bits per heavy atom. The highest BCUT2D eigenvalue weighted by Gasteiger charge is 2.27. The summed E-state index contributed by atoms with van der Waals surface area (Å²) in [7, 11) is 2.64. The van der Waals surface area contributed by atoms with Crippen molar-refractivity contribution in [3.8, 4) is 0 Å². The second-order valence-corrected chi connectivity index (χ2v) is 5.45. The summed E-state index contributed by atoms with van der Waals surface area (Å²) in [5.41, 5.74) is 0. The minimum Gasteiger partial charge on any atom is -0.480 e. The molecule has 1 aromatic heterocycles. The van der Waals surface area contributed by atoms with Crippen LogP contribution in [0, 0.1) is 0 Å². The third-order valence-electron chi connectivity index (χ3n) is 2.09. The summed E-state index contributed by atoms with van der Waals surface area (Å²) < 4.78 is 5.52. The van der Waals surface area contributed by atoms with Crippen LogP contribution in [0.5, 0.6) is 0 Å². The molecular weight excluding hydrogens is 262 g/mol. The first kappa shape index (κ1) is 13.9. The average Bonchev–Trinajstić information content (AvgIpc) is 2.80. The van der Waals surface area contributed by atoms with Crippen LogP contribution in [0.25, 0.3) is 0 Å². The molecule has 1 amide bonds. The van der Waals surface area contributed by atoms with E-state index in [-0.39, 0.29) is 0 Å². The van der Waals surface area contributed by atoms with Gasteiger partial charge in [0.2, 0.25) is 0 Å². The van der Waals surface area contributed by atoms with Gasteiger partial charge >= 0.3 is 12.1 Å². The molecule has 1 heterocycles. The Hall–Kier alpha value is -1.21. The molecule has 0 fully saturated rings. The van der Waals surface area contributed by atoms with Gasteiger partial charge < -0.3 is 9.84 Å². The summed E-state index contributed by atoms with van der Waals surface area (Å²) in [4.78, 5) is 23.4. The molecule has 5 nitrogen and oxygen atoms in total. The second kappa shape index (κ2) is 6.51. The zero-order valence-corrected chi connectivity index (χ0v) is 11.1. The zero-order valence-electron chi connectivity index (χ0n) is 9.45. The first-order chi connectivity index (χ1) is 8.06. The van der Waals surface area contributed by atoms with E-state index >= 15 is 0 Å². The van der Waals surface area contributed by atoms with Gasteiger partial charge in [-0.25, -0.2) is 9.59 Å². The highest BCUT2D eigenvalue weighted by molar-refractivity contribution is 8.01. The van der Waals surface area contributed by atoms with Gasteiger partial charge in [-0.05, 0) is 11.4 Å². The van der Waals surface area contributed by atoms with Crippen LogP contribution in [0.4, 0.5) is 4.79 Å². The quantitative estimate of drug-likeness (QED) is 0.832. The molecule has 1 N–H and O–H groups in total. The van der Waals surface area contributed by atoms with Crippen LogP contribution < -0.4 is 0 Å². The van der Waals surface area contributed by atoms with E-state index in [2.05, 4.69) is 4.74 Å². The SMILES string of the molecule is COC(=O)N(C)C(CSc1cccs1)C(=O)O. The molecule has 1 atom stereocenters. The summed E-state index contributed by atoms with van der Waals surface area (Å²) in [6, 6.07) is 2.91. The molecule has 0 radical (unpaired) electrons. The third kappa shape index (κ3) is 3.94. The number of hydrogen-bond donors (Lipinski definition) is 1. The predicted molar refractivity (Wildman–Crippen MR) is 66.6 cm³/mol. The van der Waals surface area contributed by atoms with Crippen molar-refractivity contribution in [3.05, 3.63) is 17.5 Å². The Kier molecular flexibility index (Phi) is 5.30. The van der Waals surface area contributed by atoms with Crippen molar-refractivity contribution in [2.75, 3.05) is 19.9 Å².